The van der Waals surface area contributed by atoms with E-state index in [1.54, 1.807) is 7.11 Å². The summed E-state index contributed by atoms with van der Waals surface area (Å²) in [7, 11) is 1.63. The Morgan fingerprint density at radius 2 is 2.00 bits per heavy atom. The highest BCUT2D eigenvalue weighted by Gasteiger charge is 2.26. The Hall–Kier alpha value is -3.02. The van der Waals surface area contributed by atoms with Crippen LogP contribution in [0.4, 0.5) is 11.5 Å². The van der Waals surface area contributed by atoms with Crippen LogP contribution in [-0.4, -0.2) is 49.1 Å². The lowest BCUT2D eigenvalue weighted by molar-refractivity contribution is -0.110. The van der Waals surface area contributed by atoms with Gasteiger partial charge in [-0.25, -0.2) is 4.98 Å². The third-order valence-corrected chi connectivity index (χ3v) is 4.61. The Morgan fingerprint density at radius 1 is 1.16 bits per heavy atom. The van der Waals surface area contributed by atoms with Gasteiger partial charge in [-0.3, -0.25) is 4.79 Å². The molecule has 2 aliphatic heterocycles. The first-order chi connectivity index (χ1) is 12.2. The maximum Gasteiger partial charge on any atom is 0.257 e. The highest BCUT2D eigenvalue weighted by atomic mass is 16.5. The van der Waals surface area contributed by atoms with Crippen LogP contribution in [0.15, 0.2) is 48.8 Å². The fourth-order valence-electron chi connectivity index (χ4n) is 3.23. The molecule has 3 heterocycles. The molecule has 1 aromatic carbocycles. The van der Waals surface area contributed by atoms with E-state index in [4.69, 9.17) is 4.74 Å². The minimum atomic E-state index is -0.0598. The first kappa shape index (κ1) is 15.5. The lowest BCUT2D eigenvalue weighted by atomic mass is 10.1. The first-order valence-corrected chi connectivity index (χ1v) is 8.36. The summed E-state index contributed by atoms with van der Waals surface area (Å²) in [5.41, 5.74) is 2.43. The summed E-state index contributed by atoms with van der Waals surface area (Å²) in [6.07, 6.45) is 3.78. The maximum atomic E-state index is 12.3. The molecule has 0 spiro atoms. The van der Waals surface area contributed by atoms with Crippen molar-refractivity contribution >= 4 is 23.0 Å². The van der Waals surface area contributed by atoms with E-state index < -0.39 is 0 Å². The highest BCUT2D eigenvalue weighted by molar-refractivity contribution is 6.31. The topological polar surface area (TPSA) is 57.7 Å². The molecule has 1 saturated heterocycles. The molecule has 0 saturated carbocycles. The molecule has 25 heavy (non-hydrogen) atoms. The van der Waals surface area contributed by atoms with Crippen molar-refractivity contribution in [2.75, 3.05) is 43.5 Å². The fourth-order valence-corrected chi connectivity index (χ4v) is 3.23. The number of carbonyl (C=O) groups is 1. The van der Waals surface area contributed by atoms with Crippen molar-refractivity contribution in [1.82, 2.24) is 9.88 Å². The van der Waals surface area contributed by atoms with Crippen LogP contribution in [0.1, 0.15) is 5.56 Å². The van der Waals surface area contributed by atoms with Gasteiger partial charge in [-0.1, -0.05) is 6.07 Å². The Morgan fingerprint density at radius 3 is 2.72 bits per heavy atom. The van der Waals surface area contributed by atoms with Crippen molar-refractivity contribution in [1.29, 1.82) is 0 Å². The number of piperazine rings is 1. The first-order valence-electron chi connectivity index (χ1n) is 8.36. The van der Waals surface area contributed by atoms with E-state index in [0.29, 0.717) is 5.57 Å². The number of carbonyl (C=O) groups excluding carboxylic acids is 1. The molecule has 4 rings (SSSR count). The smallest absolute Gasteiger partial charge is 0.257 e. The molecule has 0 atom stereocenters. The summed E-state index contributed by atoms with van der Waals surface area (Å²) in [5, 5.41) is 2.91. The molecule has 2 aromatic rings. The second-order valence-corrected chi connectivity index (χ2v) is 6.12. The lowest BCUT2D eigenvalue weighted by Gasteiger charge is -2.35. The summed E-state index contributed by atoms with van der Waals surface area (Å²) in [6, 6.07) is 11.6. The second kappa shape index (κ2) is 6.47. The number of nitrogens with one attached hydrogen (secondary N) is 1. The van der Waals surface area contributed by atoms with Gasteiger partial charge in [0.25, 0.3) is 5.91 Å². The van der Waals surface area contributed by atoms with Gasteiger partial charge >= 0.3 is 0 Å². The summed E-state index contributed by atoms with van der Waals surface area (Å²) in [5.74, 6) is 1.69. The predicted molar refractivity (Wildman–Crippen MR) is 97.6 cm³/mol. The van der Waals surface area contributed by atoms with E-state index in [0.717, 1.165) is 49.0 Å². The van der Waals surface area contributed by atoms with Crippen LogP contribution in [-0.2, 0) is 4.79 Å². The third-order valence-electron chi connectivity index (χ3n) is 4.61. The largest absolute Gasteiger partial charge is 0.497 e. The summed E-state index contributed by atoms with van der Waals surface area (Å²) >= 11 is 0. The third kappa shape index (κ3) is 3.03. The van der Waals surface area contributed by atoms with Gasteiger partial charge in [0.05, 0.1) is 12.7 Å². The molecule has 1 aromatic heterocycles. The molecule has 6 heteroatoms. The van der Waals surface area contributed by atoms with Crippen LogP contribution in [0.3, 0.4) is 0 Å². The molecule has 1 fully saturated rings. The number of amides is 1. The van der Waals surface area contributed by atoms with Crippen molar-refractivity contribution in [3.05, 3.63) is 54.4 Å². The van der Waals surface area contributed by atoms with Crippen LogP contribution in [0.5, 0.6) is 5.75 Å². The Labute approximate surface area is 146 Å². The van der Waals surface area contributed by atoms with Crippen molar-refractivity contribution < 1.29 is 9.53 Å². The van der Waals surface area contributed by atoms with Crippen molar-refractivity contribution in [2.24, 2.45) is 0 Å². The van der Waals surface area contributed by atoms with Crippen molar-refractivity contribution in [3.63, 3.8) is 0 Å². The fraction of sp³-hybridized carbons (Fsp3) is 0.263. The number of aromatic nitrogens is 1. The zero-order valence-electron chi connectivity index (χ0n) is 14.1. The number of pyridine rings is 1. The zero-order chi connectivity index (χ0) is 17.2. The highest BCUT2D eigenvalue weighted by Crippen LogP contribution is 2.34. The van der Waals surface area contributed by atoms with Crippen LogP contribution in [0.2, 0.25) is 0 Å². The van der Waals surface area contributed by atoms with Crippen LogP contribution >= 0.6 is 0 Å². The van der Waals surface area contributed by atoms with Crippen molar-refractivity contribution in [2.45, 2.75) is 0 Å². The molecule has 0 aliphatic carbocycles. The van der Waals surface area contributed by atoms with Crippen LogP contribution < -0.4 is 15.0 Å². The van der Waals surface area contributed by atoms with Gasteiger partial charge in [0.15, 0.2) is 0 Å². The van der Waals surface area contributed by atoms with Crippen LogP contribution in [0, 0.1) is 0 Å². The Kier molecular flexibility index (Phi) is 4.01. The zero-order valence-corrected chi connectivity index (χ0v) is 14.1. The van der Waals surface area contributed by atoms with E-state index in [1.807, 2.05) is 48.8 Å². The number of hydrogen-bond donors (Lipinski definition) is 1. The number of ether oxygens (including phenoxy) is 1. The number of methoxy groups -OCH3 is 1. The second-order valence-electron chi connectivity index (χ2n) is 6.12. The van der Waals surface area contributed by atoms with E-state index in [-0.39, 0.29) is 5.91 Å². The predicted octanol–water partition coefficient (Wildman–Crippen LogP) is 2.21. The number of anilines is 2. The number of rotatable bonds is 3. The standard InChI is InChI=1S/C19H20N4O2/c1-25-14-5-6-17-15(12-14)16(19(24)21-17)13-22-8-10-23(11-9-22)18-4-2-3-7-20-18/h2-7,12-13H,8-11H2,1H3,(H,21,24)/b16-13+. The molecular formula is C19H20N4O2. The van der Waals surface area contributed by atoms with E-state index >= 15 is 0 Å². The number of fused-ring (bicyclic) bond motifs is 1. The van der Waals surface area contributed by atoms with Gasteiger partial charge in [-0.05, 0) is 30.3 Å². The number of nitrogens with zero attached hydrogens (tertiary/aromatic N) is 3. The minimum Gasteiger partial charge on any atom is -0.497 e. The molecule has 0 bridgehead atoms. The summed E-state index contributed by atoms with van der Waals surface area (Å²) in [6.45, 7) is 3.47. The van der Waals surface area contributed by atoms with Gasteiger partial charge in [-0.2, -0.15) is 0 Å². The van der Waals surface area contributed by atoms with Gasteiger partial charge in [-0.15, -0.1) is 0 Å². The molecule has 0 radical (unpaired) electrons. The molecule has 128 valence electrons. The average Bonchev–Trinajstić information content (AvgIpc) is 2.97. The van der Waals surface area contributed by atoms with Crippen molar-refractivity contribution in [3.8, 4) is 5.75 Å². The maximum absolute atomic E-state index is 12.3. The van der Waals surface area contributed by atoms with E-state index in [1.165, 1.54) is 0 Å². The monoisotopic (exact) mass is 336 g/mol. The molecule has 0 unspecified atom stereocenters. The van der Waals surface area contributed by atoms with Gasteiger partial charge in [0.1, 0.15) is 11.6 Å². The van der Waals surface area contributed by atoms with Crippen LogP contribution in [0.25, 0.3) is 5.57 Å². The number of hydrogen-bond acceptors (Lipinski definition) is 5. The summed E-state index contributed by atoms with van der Waals surface area (Å²) in [4.78, 5) is 21.2. The molecule has 1 amide bonds. The number of benzene rings is 1. The van der Waals surface area contributed by atoms with Gasteiger partial charge in [0.2, 0.25) is 0 Å². The Bertz CT molecular complexity index is 811. The molecule has 6 nitrogen and oxygen atoms in total. The molecular weight excluding hydrogens is 316 g/mol. The quantitative estimate of drug-likeness (QED) is 0.871. The molecule has 1 N–H and O–H groups in total. The normalized spacial score (nSPS) is 18.3. The Balaban J connectivity index is 1.50. The van der Waals surface area contributed by atoms with Gasteiger partial charge in [0, 0.05) is 49.8 Å². The minimum absolute atomic E-state index is 0.0598. The SMILES string of the molecule is COc1ccc2c(c1)/C(=C\N1CCN(c3ccccn3)CC1)C(=O)N2. The molecule has 2 aliphatic rings. The van der Waals surface area contributed by atoms with E-state index in [2.05, 4.69) is 20.1 Å². The average molecular weight is 336 g/mol. The summed E-state index contributed by atoms with van der Waals surface area (Å²) < 4.78 is 5.28. The van der Waals surface area contributed by atoms with Gasteiger partial charge < -0.3 is 19.9 Å². The van der Waals surface area contributed by atoms with E-state index in [9.17, 15) is 4.79 Å². The lowest BCUT2D eigenvalue weighted by Crippen LogP contribution is -2.44.